The predicted octanol–water partition coefficient (Wildman–Crippen LogP) is 6.00. The summed E-state index contributed by atoms with van der Waals surface area (Å²) in [6.45, 7) is 4.29. The molecule has 246 valence electrons. The maximum Gasteiger partial charge on any atom is 0.343 e. The second-order valence-electron chi connectivity index (χ2n) is 11.8. The highest BCUT2D eigenvalue weighted by molar-refractivity contribution is 5.97. The highest BCUT2D eigenvalue weighted by Gasteiger charge is 2.51. The maximum atomic E-state index is 12.9. The normalized spacial score (nSPS) is 19.7. The van der Waals surface area contributed by atoms with Crippen LogP contribution in [0.15, 0.2) is 97.1 Å². The topological polar surface area (TPSA) is 114 Å². The molecule has 0 aromatic heterocycles. The Hall–Kier alpha value is -5.12. The number of aryl methyl sites for hydroxylation is 2. The van der Waals surface area contributed by atoms with Crippen molar-refractivity contribution >= 4 is 23.7 Å². The molecule has 2 heterocycles. The number of hydrogen-bond donors (Lipinski definition) is 0. The van der Waals surface area contributed by atoms with E-state index in [1.165, 1.54) is 29.8 Å². The lowest BCUT2D eigenvalue weighted by atomic mass is 10.0. The van der Waals surface area contributed by atoms with Crippen LogP contribution in [0.2, 0.25) is 0 Å². The van der Waals surface area contributed by atoms with Gasteiger partial charge in [0.05, 0.1) is 29.9 Å². The first-order chi connectivity index (χ1) is 23.3. The van der Waals surface area contributed by atoms with Crippen molar-refractivity contribution in [2.24, 2.45) is 0 Å². The van der Waals surface area contributed by atoms with Crippen molar-refractivity contribution < 1.29 is 42.9 Å². The van der Waals surface area contributed by atoms with E-state index in [0.29, 0.717) is 22.4 Å². The van der Waals surface area contributed by atoms with Crippen molar-refractivity contribution in [3.8, 4) is 5.75 Å². The zero-order valence-corrected chi connectivity index (χ0v) is 26.8. The highest BCUT2D eigenvalue weighted by atomic mass is 16.7. The minimum absolute atomic E-state index is 0.00231. The van der Waals surface area contributed by atoms with Crippen molar-refractivity contribution in [2.45, 2.75) is 57.5 Å². The molecule has 4 aromatic rings. The number of ether oxygens (including phenoxy) is 5. The molecule has 0 amide bonds. The van der Waals surface area contributed by atoms with Crippen molar-refractivity contribution in [2.75, 3.05) is 13.2 Å². The predicted molar refractivity (Wildman–Crippen MR) is 175 cm³/mol. The summed E-state index contributed by atoms with van der Waals surface area (Å²) in [6, 6.07) is 27.6. The second-order valence-corrected chi connectivity index (χ2v) is 11.8. The van der Waals surface area contributed by atoms with Gasteiger partial charge in [-0.3, -0.25) is 4.79 Å². The standard InChI is InChI=1S/C39H36O9/c1-3-24-5-11-27(12-6-24)32(40)21-26-9-15-29(16-10-26)38(42)47-33-22-44-36-34(23-45-35(33)36)48-39(43)30-17-19-31(20-18-30)46-37(41)28-13-7-25(4-2)8-14-28/h5-20,33-36H,3-4,21-23H2,1-2H3. The van der Waals surface area contributed by atoms with Gasteiger partial charge in [-0.05, 0) is 78.1 Å². The molecular formula is C39H36O9. The Kier molecular flexibility index (Phi) is 10.1. The van der Waals surface area contributed by atoms with Gasteiger partial charge >= 0.3 is 17.9 Å². The lowest BCUT2D eigenvalue weighted by molar-refractivity contribution is -0.0287. The molecule has 2 aliphatic heterocycles. The summed E-state index contributed by atoms with van der Waals surface area (Å²) in [6.07, 6.45) is -0.538. The molecule has 9 heteroatoms. The molecule has 0 bridgehead atoms. The van der Waals surface area contributed by atoms with Gasteiger partial charge < -0.3 is 23.7 Å². The summed E-state index contributed by atoms with van der Waals surface area (Å²) in [5.41, 5.74) is 4.77. The van der Waals surface area contributed by atoms with E-state index in [9.17, 15) is 19.2 Å². The van der Waals surface area contributed by atoms with Crippen LogP contribution < -0.4 is 4.74 Å². The molecule has 9 nitrogen and oxygen atoms in total. The quantitative estimate of drug-likeness (QED) is 0.110. The summed E-state index contributed by atoms with van der Waals surface area (Å²) in [5, 5.41) is 0. The number of hydrogen-bond acceptors (Lipinski definition) is 9. The maximum absolute atomic E-state index is 12.9. The van der Waals surface area contributed by atoms with E-state index >= 15 is 0 Å². The van der Waals surface area contributed by atoms with Crippen molar-refractivity contribution in [1.82, 2.24) is 0 Å². The van der Waals surface area contributed by atoms with Crippen molar-refractivity contribution in [1.29, 1.82) is 0 Å². The van der Waals surface area contributed by atoms with Crippen LogP contribution in [0.3, 0.4) is 0 Å². The number of benzene rings is 4. The van der Waals surface area contributed by atoms with Crippen LogP contribution >= 0.6 is 0 Å². The minimum Gasteiger partial charge on any atom is -0.453 e. The fourth-order valence-corrected chi connectivity index (χ4v) is 5.72. The molecule has 2 aliphatic rings. The lowest BCUT2D eigenvalue weighted by Gasteiger charge is -2.17. The van der Waals surface area contributed by atoms with Crippen LogP contribution in [0.25, 0.3) is 0 Å². The molecule has 0 N–H and O–H groups in total. The first-order valence-electron chi connectivity index (χ1n) is 16.1. The summed E-state index contributed by atoms with van der Waals surface area (Å²) < 4.78 is 28.5. The van der Waals surface area contributed by atoms with Crippen LogP contribution in [-0.4, -0.2) is 61.3 Å². The van der Waals surface area contributed by atoms with E-state index in [4.69, 9.17) is 23.7 Å². The van der Waals surface area contributed by atoms with Gasteiger partial charge in [-0.2, -0.15) is 0 Å². The Morgan fingerprint density at radius 1 is 0.542 bits per heavy atom. The third kappa shape index (κ3) is 7.54. The van der Waals surface area contributed by atoms with Crippen LogP contribution in [-0.2, 0) is 38.2 Å². The Morgan fingerprint density at radius 3 is 1.40 bits per heavy atom. The number of carbonyl (C=O) groups excluding carboxylic acids is 4. The molecule has 0 aliphatic carbocycles. The van der Waals surface area contributed by atoms with Gasteiger partial charge in [0, 0.05) is 12.0 Å². The number of fused-ring (bicyclic) bond motifs is 1. The van der Waals surface area contributed by atoms with Gasteiger partial charge in [0.1, 0.15) is 18.0 Å². The number of esters is 3. The second kappa shape index (κ2) is 14.8. The summed E-state index contributed by atoms with van der Waals surface area (Å²) in [7, 11) is 0. The first kappa shape index (κ1) is 32.8. The minimum atomic E-state index is -0.690. The lowest BCUT2D eigenvalue weighted by Crippen LogP contribution is -2.36. The fraction of sp³-hybridized carbons (Fsp3) is 0.282. The molecule has 4 unspecified atom stereocenters. The molecule has 2 saturated heterocycles. The fourth-order valence-electron chi connectivity index (χ4n) is 5.72. The average molecular weight is 649 g/mol. The molecule has 4 atom stereocenters. The highest BCUT2D eigenvalue weighted by Crippen LogP contribution is 2.32. The van der Waals surface area contributed by atoms with Crippen LogP contribution in [0.1, 0.15) is 72.0 Å². The molecule has 0 saturated carbocycles. The molecule has 2 fully saturated rings. The summed E-state index contributed by atoms with van der Waals surface area (Å²) in [5.74, 6) is -1.32. The molecule has 0 spiro atoms. The van der Waals surface area contributed by atoms with E-state index in [-0.39, 0.29) is 31.0 Å². The van der Waals surface area contributed by atoms with Gasteiger partial charge in [0.25, 0.3) is 0 Å². The molecule has 6 rings (SSSR count). The van der Waals surface area contributed by atoms with E-state index in [2.05, 4.69) is 6.92 Å². The zero-order valence-electron chi connectivity index (χ0n) is 26.8. The summed E-state index contributed by atoms with van der Waals surface area (Å²) >= 11 is 0. The third-order valence-electron chi connectivity index (χ3n) is 8.62. The number of ketones is 1. The zero-order chi connectivity index (χ0) is 33.6. The number of carbonyl (C=O) groups is 4. The molecular weight excluding hydrogens is 612 g/mol. The van der Waals surface area contributed by atoms with E-state index < -0.39 is 42.3 Å². The van der Waals surface area contributed by atoms with Crippen LogP contribution in [0.5, 0.6) is 5.75 Å². The average Bonchev–Trinajstić information content (AvgIpc) is 3.71. The largest absolute Gasteiger partial charge is 0.453 e. The number of Topliss-reactive ketones (excluding diaryl/α,β-unsaturated/α-hetero) is 1. The van der Waals surface area contributed by atoms with E-state index in [0.717, 1.165) is 24.0 Å². The SMILES string of the molecule is CCc1ccc(C(=O)Cc2ccc(C(=O)OC3COC4C(OC(=O)c5ccc(OC(=O)c6ccc(CC)cc6)cc5)COC34)cc2)cc1. The van der Waals surface area contributed by atoms with Gasteiger partial charge in [-0.25, -0.2) is 14.4 Å². The molecule has 48 heavy (non-hydrogen) atoms. The van der Waals surface area contributed by atoms with Gasteiger partial charge in [0.15, 0.2) is 18.0 Å². The number of rotatable bonds is 11. The van der Waals surface area contributed by atoms with E-state index in [1.807, 2.05) is 43.3 Å². The van der Waals surface area contributed by atoms with Gasteiger partial charge in [-0.15, -0.1) is 0 Å². The molecule has 4 aromatic carbocycles. The summed E-state index contributed by atoms with van der Waals surface area (Å²) in [4.78, 5) is 51.0. The van der Waals surface area contributed by atoms with E-state index in [1.54, 1.807) is 36.4 Å². The third-order valence-corrected chi connectivity index (χ3v) is 8.62. The van der Waals surface area contributed by atoms with Crippen molar-refractivity contribution in [3.05, 3.63) is 136 Å². The molecule has 0 radical (unpaired) electrons. The first-order valence-corrected chi connectivity index (χ1v) is 16.1. The Bertz CT molecular complexity index is 1630. The van der Waals surface area contributed by atoms with Crippen LogP contribution in [0.4, 0.5) is 0 Å². The van der Waals surface area contributed by atoms with Gasteiger partial charge in [0.2, 0.25) is 0 Å². The Morgan fingerprint density at radius 2 is 0.938 bits per heavy atom. The van der Waals surface area contributed by atoms with Gasteiger partial charge in [-0.1, -0.05) is 62.4 Å². The Balaban J connectivity index is 0.977. The van der Waals surface area contributed by atoms with Crippen molar-refractivity contribution in [3.63, 3.8) is 0 Å². The smallest absolute Gasteiger partial charge is 0.343 e. The monoisotopic (exact) mass is 648 g/mol. The van der Waals surface area contributed by atoms with Crippen LogP contribution in [0, 0.1) is 0 Å². The Labute approximate surface area is 278 Å².